The van der Waals surface area contributed by atoms with E-state index in [1.165, 1.54) is 0 Å². The largest absolute Gasteiger partial charge is 0.286 e. The molecule has 0 bridgehead atoms. The molecule has 0 aliphatic carbocycles. The average molecular weight is 373 g/mol. The lowest BCUT2D eigenvalue weighted by Crippen LogP contribution is -2.52. The quantitative estimate of drug-likeness (QED) is 0.615. The van der Waals surface area contributed by atoms with Crippen molar-refractivity contribution in [1.29, 1.82) is 0 Å². The molecule has 3 aromatic carbocycles. The Kier molecular flexibility index (Phi) is 3.25. The number of nitrogens with zero attached hydrogens (tertiary/aromatic N) is 4. The number of hydrogen-bond donors (Lipinski definition) is 1. The fourth-order valence-electron chi connectivity index (χ4n) is 3.98. The van der Waals surface area contributed by atoms with Crippen LogP contribution in [0.3, 0.4) is 0 Å². The van der Waals surface area contributed by atoms with Crippen LogP contribution in [0.25, 0.3) is 21.5 Å². The van der Waals surface area contributed by atoms with Crippen molar-refractivity contribution < 1.29 is 10.4 Å². The van der Waals surface area contributed by atoms with Crippen LogP contribution in [0, 0.1) is 0 Å². The first-order valence-electron chi connectivity index (χ1n) is 9.33. The fraction of sp³-hybridized carbons (Fsp3) is 0.273. The number of hydroxylamine groups is 4. The molecule has 1 radical (unpaired) electrons. The van der Waals surface area contributed by atoms with Gasteiger partial charge < -0.3 is 0 Å². The first kappa shape index (κ1) is 17.2. The van der Waals surface area contributed by atoms with Crippen LogP contribution in [0.4, 0.5) is 0 Å². The van der Waals surface area contributed by atoms with E-state index in [0.29, 0.717) is 0 Å². The van der Waals surface area contributed by atoms with Crippen LogP contribution in [0.15, 0.2) is 70.2 Å². The molecule has 3 aromatic rings. The van der Waals surface area contributed by atoms with Crippen molar-refractivity contribution in [3.63, 3.8) is 0 Å². The SMILES string of the molecule is CC1(C)N([O])C(=C2N=c3c(c4ccccc4c4ccccc34)=N2)N(O)C1(C)C. The first-order chi connectivity index (χ1) is 13.2. The summed E-state index contributed by atoms with van der Waals surface area (Å²) >= 11 is 0. The summed E-state index contributed by atoms with van der Waals surface area (Å²) in [5.41, 5.74) is -1.63. The molecular weight excluding hydrogens is 352 g/mol. The van der Waals surface area contributed by atoms with E-state index < -0.39 is 11.1 Å². The smallest absolute Gasteiger partial charge is 0.202 e. The van der Waals surface area contributed by atoms with Gasteiger partial charge in [-0.15, -0.1) is 0 Å². The molecule has 0 atom stereocenters. The lowest BCUT2D eigenvalue weighted by molar-refractivity contribution is -0.182. The molecular formula is C22H21N4O2. The van der Waals surface area contributed by atoms with Crippen molar-refractivity contribution >= 4 is 21.5 Å². The monoisotopic (exact) mass is 373 g/mol. The number of hydrogen-bond acceptors (Lipinski definition) is 5. The van der Waals surface area contributed by atoms with E-state index in [9.17, 15) is 10.4 Å². The highest BCUT2D eigenvalue weighted by atomic mass is 16.6. The van der Waals surface area contributed by atoms with Crippen LogP contribution in [0.2, 0.25) is 0 Å². The van der Waals surface area contributed by atoms with Gasteiger partial charge in [-0.05, 0) is 38.5 Å². The highest BCUT2D eigenvalue weighted by Crippen LogP contribution is 2.44. The normalized spacial score (nSPS) is 19.9. The lowest BCUT2D eigenvalue weighted by atomic mass is 9.84. The van der Waals surface area contributed by atoms with Gasteiger partial charge >= 0.3 is 0 Å². The second-order valence-electron chi connectivity index (χ2n) is 8.38. The molecule has 0 aromatic heterocycles. The Morgan fingerprint density at radius 2 is 1.18 bits per heavy atom. The van der Waals surface area contributed by atoms with Crippen molar-refractivity contribution in [1.82, 2.24) is 10.1 Å². The van der Waals surface area contributed by atoms with E-state index in [0.717, 1.165) is 42.4 Å². The standard InChI is InChI=1S/C22H21N4O2/c1-21(2)22(3,4)26(28)20(25(21)27)19-23-17-15-11-7-5-9-13(15)14-10-6-8-12-16(14)18(17)24-19/h5-12,27H,1-4H3. The minimum atomic E-state index is -0.839. The Bertz CT molecular complexity index is 1210. The second-order valence-corrected chi connectivity index (χ2v) is 8.38. The highest BCUT2D eigenvalue weighted by Gasteiger charge is 2.57. The van der Waals surface area contributed by atoms with Gasteiger partial charge in [-0.25, -0.2) is 15.0 Å². The molecule has 5 rings (SSSR count). The maximum absolute atomic E-state index is 13.1. The molecule has 0 amide bonds. The van der Waals surface area contributed by atoms with E-state index in [-0.39, 0.29) is 11.6 Å². The zero-order chi connectivity index (χ0) is 19.8. The number of fused-ring (bicyclic) bond motifs is 6. The third-order valence-electron chi connectivity index (χ3n) is 6.44. The van der Waals surface area contributed by atoms with Gasteiger partial charge in [0.1, 0.15) is 0 Å². The van der Waals surface area contributed by atoms with Crippen molar-refractivity contribution in [2.45, 2.75) is 38.8 Å². The van der Waals surface area contributed by atoms with E-state index >= 15 is 0 Å². The van der Waals surface area contributed by atoms with E-state index in [2.05, 4.69) is 12.1 Å². The molecule has 6 nitrogen and oxygen atoms in total. The molecule has 0 saturated carbocycles. The van der Waals surface area contributed by atoms with Gasteiger partial charge in [-0.2, -0.15) is 5.06 Å². The van der Waals surface area contributed by atoms with E-state index in [4.69, 9.17) is 9.98 Å². The van der Waals surface area contributed by atoms with Crippen LogP contribution in [-0.2, 0) is 5.21 Å². The van der Waals surface area contributed by atoms with Gasteiger partial charge in [0.25, 0.3) is 0 Å². The van der Waals surface area contributed by atoms with Crippen molar-refractivity contribution in [2.24, 2.45) is 9.98 Å². The van der Waals surface area contributed by atoms with Gasteiger partial charge in [-0.1, -0.05) is 53.7 Å². The molecule has 1 fully saturated rings. The van der Waals surface area contributed by atoms with Crippen LogP contribution >= 0.6 is 0 Å². The van der Waals surface area contributed by atoms with Crippen LogP contribution < -0.4 is 10.7 Å². The summed E-state index contributed by atoms with van der Waals surface area (Å²) in [7, 11) is 0. The van der Waals surface area contributed by atoms with Gasteiger partial charge in [0, 0.05) is 10.8 Å². The predicted molar refractivity (Wildman–Crippen MR) is 105 cm³/mol. The van der Waals surface area contributed by atoms with E-state index in [1.54, 1.807) is 0 Å². The third kappa shape index (κ3) is 1.94. The van der Waals surface area contributed by atoms with Gasteiger partial charge in [0.05, 0.1) is 21.8 Å². The molecule has 2 heterocycles. The summed E-state index contributed by atoms with van der Waals surface area (Å²) in [6.45, 7) is 7.28. The summed E-state index contributed by atoms with van der Waals surface area (Å²) in [6.07, 6.45) is 0. The van der Waals surface area contributed by atoms with Crippen LogP contribution in [-0.4, -0.2) is 26.4 Å². The van der Waals surface area contributed by atoms with Crippen molar-refractivity contribution in [3.05, 3.63) is 70.9 Å². The Morgan fingerprint density at radius 1 is 0.750 bits per heavy atom. The number of rotatable bonds is 0. The fourth-order valence-corrected chi connectivity index (χ4v) is 3.98. The zero-order valence-corrected chi connectivity index (χ0v) is 16.3. The molecule has 1 N–H and O–H groups in total. The average Bonchev–Trinajstić information content (AvgIpc) is 3.17. The first-order valence-corrected chi connectivity index (χ1v) is 9.33. The number of benzene rings is 3. The highest BCUT2D eigenvalue weighted by molar-refractivity contribution is 6.07. The summed E-state index contributed by atoms with van der Waals surface area (Å²) in [5.74, 6) is 0.326. The Hall–Kier alpha value is -2.96. The molecule has 28 heavy (non-hydrogen) atoms. The van der Waals surface area contributed by atoms with Gasteiger partial charge in [0.2, 0.25) is 5.82 Å². The minimum absolute atomic E-state index is 0.0827. The molecule has 0 unspecified atom stereocenters. The third-order valence-corrected chi connectivity index (χ3v) is 6.44. The second kappa shape index (κ2) is 5.31. The lowest BCUT2D eigenvalue weighted by Gasteiger charge is -2.36. The molecule has 0 spiro atoms. The summed E-state index contributed by atoms with van der Waals surface area (Å²) < 4.78 is 0. The van der Waals surface area contributed by atoms with Gasteiger partial charge in [-0.3, -0.25) is 5.21 Å². The van der Waals surface area contributed by atoms with Gasteiger partial charge in [0.15, 0.2) is 5.82 Å². The summed E-state index contributed by atoms with van der Waals surface area (Å²) in [4.78, 5) is 9.43. The summed E-state index contributed by atoms with van der Waals surface area (Å²) in [6, 6.07) is 16.1. The maximum Gasteiger partial charge on any atom is 0.202 e. The van der Waals surface area contributed by atoms with E-state index in [1.807, 2.05) is 64.1 Å². The van der Waals surface area contributed by atoms with Crippen molar-refractivity contribution in [2.75, 3.05) is 0 Å². The Morgan fingerprint density at radius 3 is 1.57 bits per heavy atom. The topological polar surface area (TPSA) is 71.3 Å². The zero-order valence-electron chi connectivity index (χ0n) is 16.3. The molecule has 6 heteroatoms. The summed E-state index contributed by atoms with van der Waals surface area (Å²) in [5, 5.41) is 31.3. The van der Waals surface area contributed by atoms with Crippen LogP contribution in [0.5, 0.6) is 0 Å². The molecule has 141 valence electrons. The Balaban J connectivity index is 1.91. The predicted octanol–water partition coefficient (Wildman–Crippen LogP) is 3.28. The Labute approximate surface area is 162 Å². The minimum Gasteiger partial charge on any atom is -0.286 e. The molecule has 1 saturated heterocycles. The van der Waals surface area contributed by atoms with Crippen molar-refractivity contribution in [3.8, 4) is 0 Å². The maximum atomic E-state index is 13.1. The molecule has 2 aliphatic rings. The molecule has 2 aliphatic heterocycles. The van der Waals surface area contributed by atoms with Crippen LogP contribution in [0.1, 0.15) is 27.7 Å².